The lowest BCUT2D eigenvalue weighted by Crippen LogP contribution is -2.58. The number of benzene rings is 1. The second kappa shape index (κ2) is 9.65. The molecule has 6 atom stereocenters. The van der Waals surface area contributed by atoms with Gasteiger partial charge in [-0.3, -0.25) is 14.4 Å². The van der Waals surface area contributed by atoms with Crippen molar-refractivity contribution in [2.24, 2.45) is 11.8 Å². The maximum Gasteiger partial charge on any atom is 0.253 e. The molecule has 1 unspecified atom stereocenters. The van der Waals surface area contributed by atoms with Crippen LogP contribution in [0.15, 0.2) is 48.6 Å². The van der Waals surface area contributed by atoms with Crippen molar-refractivity contribution in [3.63, 3.8) is 0 Å². The lowest BCUT2D eigenvalue weighted by atomic mass is 9.77. The van der Waals surface area contributed by atoms with E-state index < -0.39 is 35.6 Å². The van der Waals surface area contributed by atoms with Crippen molar-refractivity contribution in [2.75, 3.05) is 31.1 Å². The summed E-state index contributed by atoms with van der Waals surface area (Å²) in [5, 5.41) is 10.6. The zero-order valence-electron chi connectivity index (χ0n) is 20.5. The molecule has 2 fully saturated rings. The van der Waals surface area contributed by atoms with Crippen LogP contribution < -0.4 is 4.90 Å². The Balaban J connectivity index is 1.64. The van der Waals surface area contributed by atoms with Crippen LogP contribution in [0.5, 0.6) is 0 Å². The molecule has 1 spiro atoms. The van der Waals surface area contributed by atoms with Crippen molar-refractivity contribution in [1.29, 1.82) is 0 Å². The summed E-state index contributed by atoms with van der Waals surface area (Å²) in [6.45, 7) is 4.87. The fourth-order valence-electron chi connectivity index (χ4n) is 6.29. The topological polar surface area (TPSA) is 90.4 Å². The summed E-state index contributed by atoms with van der Waals surface area (Å²) in [7, 11) is 0. The van der Waals surface area contributed by atoms with Gasteiger partial charge in [-0.1, -0.05) is 61.9 Å². The molecule has 1 aromatic carbocycles. The highest BCUT2D eigenvalue weighted by Crippen LogP contribution is 2.54. The standard InChI is InChI=1S/C27H32ClN3O5/c1-3-13-29-14-7-11-20-21(24(29)33)22-25(34)31(17(4-2)16-32)23-26(35)30(15-8-12-27(22,23)36-20)19-10-6-5-9-18(19)28/h5-12,17,20-23,32H,3-4,13-16H2,1-2H3/t17-,20+,21-,22-,23?,27-/m0/s1. The second-order valence-electron chi connectivity index (χ2n) is 9.85. The number of nitrogens with zero attached hydrogens (tertiary/aromatic N) is 3. The number of ether oxygens (including phenoxy) is 1. The number of carbonyl (C=O) groups excluding carboxylic acids is 3. The van der Waals surface area contributed by atoms with Gasteiger partial charge < -0.3 is 24.5 Å². The summed E-state index contributed by atoms with van der Waals surface area (Å²) in [4.78, 5) is 47.0. The van der Waals surface area contributed by atoms with E-state index in [1.54, 1.807) is 40.1 Å². The first kappa shape index (κ1) is 25.0. The van der Waals surface area contributed by atoms with Crippen molar-refractivity contribution in [3.8, 4) is 0 Å². The van der Waals surface area contributed by atoms with Gasteiger partial charge in [-0.25, -0.2) is 0 Å². The summed E-state index contributed by atoms with van der Waals surface area (Å²) in [5.74, 6) is -2.40. The SMILES string of the molecule is CCCN1CC=C[C@H]2O[C@]34C=CCN(c5ccccc5Cl)C(=O)C3N([C@@H](CC)CO)C(=O)[C@@H]4[C@H]2C1=O. The van der Waals surface area contributed by atoms with Gasteiger partial charge in [-0.05, 0) is 25.0 Å². The molecular weight excluding hydrogens is 482 g/mol. The van der Waals surface area contributed by atoms with Gasteiger partial charge in [0.15, 0.2) is 0 Å². The van der Waals surface area contributed by atoms with Crippen molar-refractivity contribution in [1.82, 2.24) is 9.80 Å². The number of carbonyl (C=O) groups is 3. The third-order valence-corrected chi connectivity index (χ3v) is 8.21. The number of halogens is 1. The molecule has 0 bridgehead atoms. The highest BCUT2D eigenvalue weighted by molar-refractivity contribution is 6.34. The van der Waals surface area contributed by atoms with Crippen molar-refractivity contribution >= 4 is 35.0 Å². The Labute approximate surface area is 216 Å². The molecule has 0 aliphatic carbocycles. The summed E-state index contributed by atoms with van der Waals surface area (Å²) in [6.07, 6.45) is 8.04. The van der Waals surface area contributed by atoms with Crippen LogP contribution in [0.25, 0.3) is 0 Å². The lowest BCUT2D eigenvalue weighted by molar-refractivity contribution is -0.147. The molecule has 192 valence electrons. The normalized spacial score (nSPS) is 32.3. The number of aliphatic hydroxyl groups excluding tert-OH is 1. The summed E-state index contributed by atoms with van der Waals surface area (Å²) in [5.41, 5.74) is -0.784. The molecule has 1 N–H and O–H groups in total. The van der Waals surface area contributed by atoms with Gasteiger partial charge in [0.05, 0.1) is 41.3 Å². The molecule has 9 heteroatoms. The predicted molar refractivity (Wildman–Crippen MR) is 135 cm³/mol. The number of amides is 3. The molecule has 0 aromatic heterocycles. The Kier molecular flexibility index (Phi) is 6.70. The van der Waals surface area contributed by atoms with Gasteiger partial charge in [0, 0.05) is 19.6 Å². The Bertz CT molecular complexity index is 1120. The fourth-order valence-corrected chi connectivity index (χ4v) is 6.53. The first-order valence-corrected chi connectivity index (χ1v) is 13.1. The highest BCUT2D eigenvalue weighted by atomic mass is 35.5. The van der Waals surface area contributed by atoms with E-state index in [1.807, 2.05) is 32.1 Å². The van der Waals surface area contributed by atoms with Crippen LogP contribution in [0.2, 0.25) is 5.02 Å². The first-order valence-electron chi connectivity index (χ1n) is 12.7. The van der Waals surface area contributed by atoms with Crippen LogP contribution >= 0.6 is 11.6 Å². The molecule has 0 saturated carbocycles. The molecule has 0 radical (unpaired) electrons. The largest absolute Gasteiger partial charge is 0.394 e. The third-order valence-electron chi connectivity index (χ3n) is 7.89. The Morgan fingerprint density at radius 2 is 1.89 bits per heavy atom. The number of hydrogen-bond acceptors (Lipinski definition) is 5. The predicted octanol–water partition coefficient (Wildman–Crippen LogP) is 2.40. The molecule has 8 nitrogen and oxygen atoms in total. The molecule has 5 rings (SSSR count). The Hall–Kier alpha value is -2.68. The minimum atomic E-state index is -1.32. The summed E-state index contributed by atoms with van der Waals surface area (Å²) >= 11 is 6.46. The summed E-state index contributed by atoms with van der Waals surface area (Å²) in [6, 6.07) is 5.46. The smallest absolute Gasteiger partial charge is 0.253 e. The van der Waals surface area contributed by atoms with Gasteiger partial charge in [0.2, 0.25) is 11.8 Å². The maximum atomic E-state index is 14.3. The molecule has 4 aliphatic heterocycles. The van der Waals surface area contributed by atoms with Gasteiger partial charge in [0.1, 0.15) is 11.6 Å². The number of anilines is 1. The van der Waals surface area contributed by atoms with Crippen LogP contribution in [-0.4, -0.2) is 82.7 Å². The average Bonchev–Trinajstić information content (AvgIpc) is 3.19. The fraction of sp³-hybridized carbons (Fsp3) is 0.519. The van der Waals surface area contributed by atoms with E-state index in [9.17, 15) is 19.5 Å². The molecule has 2 saturated heterocycles. The van der Waals surface area contributed by atoms with E-state index in [0.29, 0.717) is 30.2 Å². The van der Waals surface area contributed by atoms with Crippen LogP contribution in [-0.2, 0) is 19.1 Å². The van der Waals surface area contributed by atoms with E-state index in [0.717, 1.165) is 6.42 Å². The van der Waals surface area contributed by atoms with Crippen LogP contribution in [0, 0.1) is 11.8 Å². The second-order valence-corrected chi connectivity index (χ2v) is 10.3. The molecule has 3 amide bonds. The minimum Gasteiger partial charge on any atom is -0.394 e. The number of fused-ring (bicyclic) bond motifs is 2. The highest BCUT2D eigenvalue weighted by Gasteiger charge is 2.72. The zero-order valence-corrected chi connectivity index (χ0v) is 21.3. The van der Waals surface area contributed by atoms with Gasteiger partial charge in [-0.2, -0.15) is 0 Å². The number of aliphatic hydroxyl groups is 1. The minimum absolute atomic E-state index is 0.132. The number of para-hydroxylation sites is 1. The monoisotopic (exact) mass is 513 g/mol. The average molecular weight is 514 g/mol. The number of rotatable bonds is 6. The van der Waals surface area contributed by atoms with Crippen molar-refractivity contribution in [3.05, 3.63) is 53.6 Å². The zero-order chi connectivity index (χ0) is 25.6. The number of likely N-dealkylation sites (tertiary alicyclic amines) is 1. The summed E-state index contributed by atoms with van der Waals surface area (Å²) < 4.78 is 6.62. The van der Waals surface area contributed by atoms with Crippen LogP contribution in [0.1, 0.15) is 26.7 Å². The van der Waals surface area contributed by atoms with Crippen molar-refractivity contribution < 1.29 is 24.2 Å². The van der Waals surface area contributed by atoms with E-state index in [4.69, 9.17) is 16.3 Å². The van der Waals surface area contributed by atoms with Gasteiger partial charge in [-0.15, -0.1) is 0 Å². The third kappa shape index (κ3) is 3.61. The van der Waals surface area contributed by atoms with Crippen LogP contribution in [0.4, 0.5) is 5.69 Å². The Morgan fingerprint density at radius 3 is 2.58 bits per heavy atom. The van der Waals surface area contributed by atoms with E-state index in [-0.39, 0.29) is 30.9 Å². The van der Waals surface area contributed by atoms with E-state index >= 15 is 0 Å². The maximum absolute atomic E-state index is 14.3. The van der Waals surface area contributed by atoms with Crippen molar-refractivity contribution in [2.45, 2.75) is 50.5 Å². The quantitative estimate of drug-likeness (QED) is 0.590. The van der Waals surface area contributed by atoms with Gasteiger partial charge >= 0.3 is 0 Å². The lowest BCUT2D eigenvalue weighted by Gasteiger charge is -2.38. The molecule has 4 heterocycles. The van der Waals surface area contributed by atoms with Crippen LogP contribution in [0.3, 0.4) is 0 Å². The van der Waals surface area contributed by atoms with E-state index in [2.05, 4.69) is 0 Å². The van der Waals surface area contributed by atoms with E-state index in [1.165, 1.54) is 4.90 Å². The first-order chi connectivity index (χ1) is 17.4. The molecule has 36 heavy (non-hydrogen) atoms. The molecule has 4 aliphatic rings. The molecular formula is C27H32ClN3O5. The number of hydrogen-bond donors (Lipinski definition) is 1. The van der Waals surface area contributed by atoms with Gasteiger partial charge in [0.25, 0.3) is 5.91 Å². The Morgan fingerprint density at radius 1 is 1.11 bits per heavy atom. The molecule has 1 aromatic rings.